The Morgan fingerprint density at radius 2 is 1.53 bits per heavy atom. The summed E-state index contributed by atoms with van der Waals surface area (Å²) in [5, 5.41) is 3.22. The molecule has 0 atom stereocenters. The van der Waals surface area contributed by atoms with E-state index < -0.39 is 5.91 Å². The molecule has 0 spiro atoms. The number of hydrogen-bond donors (Lipinski definition) is 2. The van der Waals surface area contributed by atoms with Gasteiger partial charge in [-0.05, 0) is 37.1 Å². The van der Waals surface area contributed by atoms with E-state index in [1.807, 2.05) is 46.0 Å². The number of nitrogens with one attached hydrogen (secondary N) is 1. The van der Waals surface area contributed by atoms with E-state index in [0.29, 0.717) is 24.9 Å². The fourth-order valence-electron chi connectivity index (χ4n) is 4.78. The number of hydrogen-bond acceptors (Lipinski definition) is 8. The summed E-state index contributed by atoms with van der Waals surface area (Å²) in [4.78, 5) is 52.2. The molecule has 11 nitrogen and oxygen atoms in total. The summed E-state index contributed by atoms with van der Waals surface area (Å²) in [5.41, 5.74) is 7.78. The molecule has 1 aromatic carbocycles. The molecular formula is C25H34N8O3. The number of carbonyl (C=O) groups is 3. The molecule has 0 radical (unpaired) electrons. The maximum absolute atomic E-state index is 12.1. The smallest absolute Gasteiger partial charge is 0.254 e. The monoisotopic (exact) mass is 494 g/mol. The minimum atomic E-state index is -0.584. The van der Waals surface area contributed by atoms with Crippen LogP contribution in [0, 0.1) is 0 Å². The number of rotatable bonds is 6. The number of carbonyl (C=O) groups excluding carboxylic acids is 3. The first-order valence-electron chi connectivity index (χ1n) is 12.3. The van der Waals surface area contributed by atoms with Crippen molar-refractivity contribution in [3.63, 3.8) is 0 Å². The van der Waals surface area contributed by atoms with Crippen molar-refractivity contribution in [3.8, 4) is 0 Å². The topological polar surface area (TPSA) is 128 Å². The van der Waals surface area contributed by atoms with Crippen LogP contribution in [0.2, 0.25) is 0 Å². The van der Waals surface area contributed by atoms with Gasteiger partial charge in [0.15, 0.2) is 0 Å². The van der Waals surface area contributed by atoms with Crippen molar-refractivity contribution in [2.24, 2.45) is 5.73 Å². The Kier molecular flexibility index (Phi) is 7.56. The van der Waals surface area contributed by atoms with Gasteiger partial charge in [-0.25, -0.2) is 4.98 Å². The number of benzene rings is 1. The van der Waals surface area contributed by atoms with Crippen LogP contribution in [0.15, 0.2) is 30.5 Å². The molecule has 192 valence electrons. The predicted molar refractivity (Wildman–Crippen MR) is 138 cm³/mol. The number of piperidine rings is 1. The molecular weight excluding hydrogens is 460 g/mol. The molecule has 0 aliphatic carbocycles. The van der Waals surface area contributed by atoms with Gasteiger partial charge in [0.2, 0.25) is 17.8 Å². The first kappa shape index (κ1) is 25.2. The van der Waals surface area contributed by atoms with Crippen LogP contribution in [-0.4, -0.2) is 89.8 Å². The number of primary amides is 1. The number of anilines is 4. The fourth-order valence-corrected chi connectivity index (χ4v) is 4.78. The molecule has 3 heterocycles. The molecule has 0 unspecified atom stereocenters. The lowest BCUT2D eigenvalue weighted by Gasteiger charge is -2.37. The Labute approximate surface area is 211 Å². The largest absolute Gasteiger partial charge is 0.368 e. The van der Waals surface area contributed by atoms with Crippen LogP contribution < -0.4 is 20.9 Å². The van der Waals surface area contributed by atoms with Crippen LogP contribution in [0.25, 0.3) is 0 Å². The number of piperazine rings is 1. The second kappa shape index (κ2) is 10.8. The molecule has 0 saturated carbocycles. The van der Waals surface area contributed by atoms with Crippen molar-refractivity contribution in [1.82, 2.24) is 19.8 Å². The van der Waals surface area contributed by atoms with Crippen molar-refractivity contribution in [1.29, 1.82) is 0 Å². The molecule has 2 aromatic rings. The second-order valence-electron chi connectivity index (χ2n) is 9.31. The summed E-state index contributed by atoms with van der Waals surface area (Å²) in [6.07, 6.45) is 3.02. The second-order valence-corrected chi connectivity index (χ2v) is 9.31. The van der Waals surface area contributed by atoms with Gasteiger partial charge in [-0.15, -0.1) is 0 Å². The van der Waals surface area contributed by atoms with Gasteiger partial charge in [-0.2, -0.15) is 4.98 Å². The molecule has 36 heavy (non-hydrogen) atoms. The first-order chi connectivity index (χ1) is 17.2. The summed E-state index contributed by atoms with van der Waals surface area (Å²) >= 11 is 0. The van der Waals surface area contributed by atoms with E-state index in [9.17, 15) is 14.4 Å². The van der Waals surface area contributed by atoms with Crippen LogP contribution in [0.4, 0.5) is 23.1 Å². The van der Waals surface area contributed by atoms with Gasteiger partial charge in [-0.3, -0.25) is 14.4 Å². The van der Waals surface area contributed by atoms with Crippen LogP contribution in [0.3, 0.4) is 0 Å². The van der Waals surface area contributed by atoms with Gasteiger partial charge in [-0.1, -0.05) is 0 Å². The lowest BCUT2D eigenvalue weighted by Crippen LogP contribution is -2.48. The van der Waals surface area contributed by atoms with E-state index in [0.717, 1.165) is 50.4 Å². The lowest BCUT2D eigenvalue weighted by molar-refractivity contribution is -0.130. The number of likely N-dealkylation sites (tertiary alicyclic amines) is 1. The highest BCUT2D eigenvalue weighted by molar-refractivity contribution is 5.97. The van der Waals surface area contributed by atoms with E-state index >= 15 is 0 Å². The van der Waals surface area contributed by atoms with Crippen molar-refractivity contribution in [2.45, 2.75) is 32.7 Å². The minimum absolute atomic E-state index is 0.0757. The molecule has 2 aliphatic heterocycles. The first-order valence-corrected chi connectivity index (χ1v) is 12.3. The number of nitrogens with two attached hydrogens (primary N) is 1. The van der Waals surface area contributed by atoms with Crippen LogP contribution in [-0.2, 0) is 9.59 Å². The summed E-state index contributed by atoms with van der Waals surface area (Å²) in [7, 11) is 1.90. The third kappa shape index (κ3) is 5.67. The number of amides is 3. The van der Waals surface area contributed by atoms with E-state index in [-0.39, 0.29) is 23.4 Å². The molecule has 0 bridgehead atoms. The number of aromatic nitrogens is 2. The predicted octanol–water partition coefficient (Wildman–Crippen LogP) is 1.43. The molecule has 4 rings (SSSR count). The summed E-state index contributed by atoms with van der Waals surface area (Å²) in [6, 6.07) is 8.10. The average molecular weight is 495 g/mol. The standard InChI is InChI=1S/C25H34N8O3/c1-17(34)31-10-8-20(9-11-31)30(3)24-22(23(26)36)16-27-25(29-24)28-19-4-6-21(7-5-19)33-14-12-32(13-15-33)18(2)35/h4-7,16,20H,8-15H2,1-3H3,(H2,26,36)(H,27,28,29). The van der Waals surface area contributed by atoms with Crippen LogP contribution >= 0.6 is 0 Å². The molecule has 3 amide bonds. The van der Waals surface area contributed by atoms with Gasteiger partial charge in [0, 0.05) is 83.8 Å². The molecule has 2 saturated heterocycles. The van der Waals surface area contributed by atoms with Crippen molar-refractivity contribution in [3.05, 3.63) is 36.0 Å². The Balaban J connectivity index is 1.45. The molecule has 3 N–H and O–H groups in total. The van der Waals surface area contributed by atoms with Gasteiger partial charge >= 0.3 is 0 Å². The van der Waals surface area contributed by atoms with Gasteiger partial charge in [0.1, 0.15) is 11.4 Å². The SMILES string of the molecule is CC(=O)N1CCC(N(C)c2nc(Nc3ccc(N4CCN(C(C)=O)CC4)cc3)ncc2C(N)=O)CC1. The highest BCUT2D eigenvalue weighted by Gasteiger charge is 2.27. The normalized spacial score (nSPS) is 16.6. The zero-order valence-electron chi connectivity index (χ0n) is 21.1. The highest BCUT2D eigenvalue weighted by atomic mass is 16.2. The van der Waals surface area contributed by atoms with Gasteiger partial charge in [0.25, 0.3) is 5.91 Å². The average Bonchev–Trinajstić information content (AvgIpc) is 2.88. The molecule has 2 fully saturated rings. The zero-order valence-corrected chi connectivity index (χ0v) is 21.1. The summed E-state index contributed by atoms with van der Waals surface area (Å²) < 4.78 is 0. The fraction of sp³-hybridized carbons (Fsp3) is 0.480. The van der Waals surface area contributed by atoms with Crippen molar-refractivity contribution < 1.29 is 14.4 Å². The Morgan fingerprint density at radius 1 is 0.944 bits per heavy atom. The van der Waals surface area contributed by atoms with E-state index in [1.165, 1.54) is 6.20 Å². The van der Waals surface area contributed by atoms with E-state index in [1.54, 1.807) is 13.8 Å². The van der Waals surface area contributed by atoms with Crippen molar-refractivity contribution >= 4 is 40.9 Å². The third-order valence-electron chi connectivity index (χ3n) is 7.04. The summed E-state index contributed by atoms with van der Waals surface area (Å²) in [5.74, 6) is 0.445. The van der Waals surface area contributed by atoms with E-state index in [2.05, 4.69) is 20.2 Å². The zero-order chi connectivity index (χ0) is 25.8. The Morgan fingerprint density at radius 3 is 2.08 bits per heavy atom. The van der Waals surface area contributed by atoms with Gasteiger partial charge in [0.05, 0.1) is 0 Å². The molecule has 2 aliphatic rings. The third-order valence-corrected chi connectivity index (χ3v) is 7.04. The van der Waals surface area contributed by atoms with Gasteiger partial charge < -0.3 is 30.7 Å². The number of nitrogens with zero attached hydrogens (tertiary/aromatic N) is 6. The molecule has 1 aromatic heterocycles. The Hall–Kier alpha value is -3.89. The van der Waals surface area contributed by atoms with Crippen LogP contribution in [0.5, 0.6) is 0 Å². The van der Waals surface area contributed by atoms with Crippen LogP contribution in [0.1, 0.15) is 37.0 Å². The minimum Gasteiger partial charge on any atom is -0.368 e. The summed E-state index contributed by atoms with van der Waals surface area (Å²) in [6.45, 7) is 7.56. The maximum atomic E-state index is 12.1. The van der Waals surface area contributed by atoms with Crippen molar-refractivity contribution in [2.75, 3.05) is 61.4 Å². The van der Waals surface area contributed by atoms with E-state index in [4.69, 9.17) is 5.73 Å². The Bertz CT molecular complexity index is 1110. The molecule has 11 heteroatoms. The lowest BCUT2D eigenvalue weighted by atomic mass is 10.0. The quantitative estimate of drug-likeness (QED) is 0.617. The maximum Gasteiger partial charge on any atom is 0.254 e. The highest BCUT2D eigenvalue weighted by Crippen LogP contribution is 2.26.